The van der Waals surface area contributed by atoms with Gasteiger partial charge in [-0.3, -0.25) is 0 Å². The van der Waals surface area contributed by atoms with Crippen molar-refractivity contribution in [3.8, 4) is 67.4 Å². The first-order valence-corrected chi connectivity index (χ1v) is 27.5. The molecule has 0 saturated carbocycles. The van der Waals surface area contributed by atoms with Crippen LogP contribution in [0.5, 0.6) is 0 Å². The molecule has 0 fully saturated rings. The molecule has 0 aliphatic carbocycles. The van der Waals surface area contributed by atoms with Gasteiger partial charge in [0.2, 0.25) is 0 Å². The molecule has 3 heterocycles. The minimum absolute atomic E-state index is 0.0222. The summed E-state index contributed by atoms with van der Waals surface area (Å²) < 4.78 is 92.0. The first kappa shape index (κ1) is 39.0. The molecule has 13 aromatic rings. The SMILES string of the molecule is [2H]c1c([2H])c([2H])c(-c2ccc3c(c2)N(c2cc(-n4c5ccccc5c5cc(-c6ccccc6)ccc54)ccc2C#N)c2cc(C(C)(C)C)cc4c2B3c2ccc(-c3c([2H])c([2H])c([2H])c([2H])c3[2H])cc2N4c2ccc(-c3ccccc3)cc2-c2ccccc2)c([2H])c1[2H]. The lowest BCUT2D eigenvalue weighted by molar-refractivity contribution is 0.590. The minimum atomic E-state index is -0.594. The molecule has 0 N–H and O–H groups in total. The van der Waals surface area contributed by atoms with E-state index >= 15 is 0 Å². The maximum Gasteiger partial charge on any atom is 0.252 e. The van der Waals surface area contributed by atoms with Crippen LogP contribution >= 0.6 is 0 Å². The third kappa shape index (κ3) is 8.06. The first-order valence-electron chi connectivity index (χ1n) is 32.5. The molecule has 5 heteroatoms. The second kappa shape index (κ2) is 19.4. The van der Waals surface area contributed by atoms with Crippen molar-refractivity contribution in [2.45, 2.75) is 26.2 Å². The molecule has 386 valence electrons. The van der Waals surface area contributed by atoms with E-state index in [1.54, 1.807) is 0 Å². The summed E-state index contributed by atoms with van der Waals surface area (Å²) in [6.45, 7) is 5.88. The predicted molar refractivity (Wildman–Crippen MR) is 345 cm³/mol. The third-order valence-corrected chi connectivity index (χ3v) is 16.3. The smallest absolute Gasteiger partial charge is 0.252 e. The molecule has 12 aromatic carbocycles. The van der Waals surface area contributed by atoms with E-state index in [2.05, 4.69) is 144 Å². The van der Waals surface area contributed by atoms with Gasteiger partial charge < -0.3 is 14.4 Å². The van der Waals surface area contributed by atoms with Crippen LogP contribution in [0.3, 0.4) is 0 Å². The van der Waals surface area contributed by atoms with Gasteiger partial charge in [-0.2, -0.15) is 5.26 Å². The van der Waals surface area contributed by atoms with Crippen LogP contribution in [-0.4, -0.2) is 11.3 Å². The van der Waals surface area contributed by atoms with Crippen molar-refractivity contribution in [3.63, 3.8) is 0 Å². The fraction of sp³-hybridized carbons (Fsp3) is 0.0519. The molecule has 2 aliphatic heterocycles. The van der Waals surface area contributed by atoms with E-state index in [1.165, 1.54) is 0 Å². The molecule has 82 heavy (non-hydrogen) atoms. The number of rotatable bonds is 8. The Morgan fingerprint density at radius 2 is 0.890 bits per heavy atom. The molecule has 0 bridgehead atoms. The van der Waals surface area contributed by atoms with Crippen molar-refractivity contribution in [1.82, 2.24) is 4.57 Å². The number of fused-ring (bicyclic) bond motifs is 7. The minimum Gasteiger partial charge on any atom is -0.311 e. The van der Waals surface area contributed by atoms with Crippen LogP contribution in [0.1, 0.15) is 45.6 Å². The van der Waals surface area contributed by atoms with Crippen molar-refractivity contribution >= 4 is 79.0 Å². The second-order valence-corrected chi connectivity index (χ2v) is 22.1. The molecular weight excluding hydrogens is 992 g/mol. The van der Waals surface area contributed by atoms with Gasteiger partial charge in [0.25, 0.3) is 6.71 Å². The van der Waals surface area contributed by atoms with Crippen LogP contribution in [0, 0.1) is 11.3 Å². The van der Waals surface area contributed by atoms with Crippen LogP contribution in [0.25, 0.3) is 83.1 Å². The molecule has 2 aliphatic rings. The Bertz CT molecular complexity index is 5250. The molecule has 0 spiro atoms. The Balaban J connectivity index is 1.07. The third-order valence-electron chi connectivity index (χ3n) is 16.3. The van der Waals surface area contributed by atoms with Gasteiger partial charge in [-0.05, 0) is 150 Å². The van der Waals surface area contributed by atoms with Crippen molar-refractivity contribution < 1.29 is 13.7 Å². The average Bonchev–Trinajstić information content (AvgIpc) is 0.818. The number of anilines is 6. The van der Waals surface area contributed by atoms with E-state index < -0.39 is 48.4 Å². The quantitative estimate of drug-likeness (QED) is 0.142. The van der Waals surface area contributed by atoms with Gasteiger partial charge in [-0.1, -0.05) is 227 Å². The molecule has 15 rings (SSSR count). The summed E-state index contributed by atoms with van der Waals surface area (Å²) in [5, 5.41) is 13.7. The summed E-state index contributed by atoms with van der Waals surface area (Å²) in [7, 11) is 0. The highest BCUT2D eigenvalue weighted by molar-refractivity contribution is 7.00. The van der Waals surface area contributed by atoms with Gasteiger partial charge >= 0.3 is 0 Å². The highest BCUT2D eigenvalue weighted by Crippen LogP contribution is 2.51. The van der Waals surface area contributed by atoms with Crippen LogP contribution < -0.4 is 26.2 Å². The highest BCUT2D eigenvalue weighted by Gasteiger charge is 2.45. The lowest BCUT2D eigenvalue weighted by Crippen LogP contribution is -2.61. The molecule has 0 radical (unpaired) electrons. The molecule has 0 saturated heterocycles. The summed E-state index contributed by atoms with van der Waals surface area (Å²) in [5.41, 5.74) is 17.0. The Hall–Kier alpha value is -10.4. The van der Waals surface area contributed by atoms with Gasteiger partial charge in [0, 0.05) is 44.8 Å². The number of nitrogens with zero attached hydrogens (tertiary/aromatic N) is 4. The fourth-order valence-electron chi connectivity index (χ4n) is 12.4. The predicted octanol–water partition coefficient (Wildman–Crippen LogP) is 18.4. The Morgan fingerprint density at radius 3 is 1.48 bits per heavy atom. The van der Waals surface area contributed by atoms with Gasteiger partial charge in [-0.15, -0.1) is 0 Å². The normalized spacial score (nSPS) is 14.2. The number of nitriles is 1. The average molecular weight is 1060 g/mol. The van der Waals surface area contributed by atoms with E-state index in [1.807, 2.05) is 115 Å². The van der Waals surface area contributed by atoms with Crippen molar-refractivity contribution in [3.05, 3.63) is 290 Å². The summed E-state index contributed by atoms with van der Waals surface area (Å²) in [4.78, 5) is 4.38. The Kier molecular flexibility index (Phi) is 9.26. The Morgan fingerprint density at radius 1 is 0.390 bits per heavy atom. The zero-order chi connectivity index (χ0) is 63.8. The van der Waals surface area contributed by atoms with Gasteiger partial charge in [-0.25, -0.2) is 0 Å². The number of hydrogen-bond acceptors (Lipinski definition) is 3. The topological polar surface area (TPSA) is 35.2 Å². The summed E-state index contributed by atoms with van der Waals surface area (Å²) >= 11 is 0. The summed E-state index contributed by atoms with van der Waals surface area (Å²) in [5.74, 6) is 0. The second-order valence-electron chi connectivity index (χ2n) is 22.1. The van der Waals surface area contributed by atoms with E-state index in [0.29, 0.717) is 33.8 Å². The fourth-order valence-corrected chi connectivity index (χ4v) is 12.4. The lowest BCUT2D eigenvalue weighted by atomic mass is 9.33. The van der Waals surface area contributed by atoms with E-state index in [-0.39, 0.29) is 35.3 Å². The van der Waals surface area contributed by atoms with Gasteiger partial charge in [0.15, 0.2) is 0 Å². The maximum atomic E-state index is 11.6. The number of aromatic nitrogens is 1. The maximum absolute atomic E-state index is 11.6. The molecule has 0 amide bonds. The first-order chi connectivity index (χ1) is 44.4. The molecule has 1 aromatic heterocycles. The zero-order valence-corrected chi connectivity index (χ0v) is 45.2. The Labute approximate surface area is 493 Å². The zero-order valence-electron chi connectivity index (χ0n) is 55.2. The number of para-hydroxylation sites is 1. The molecule has 0 unspecified atom stereocenters. The largest absolute Gasteiger partial charge is 0.311 e. The summed E-state index contributed by atoms with van der Waals surface area (Å²) in [6.07, 6.45) is 0. The van der Waals surface area contributed by atoms with Gasteiger partial charge in [0.05, 0.1) is 41.7 Å². The van der Waals surface area contributed by atoms with Crippen molar-refractivity contribution in [2.75, 3.05) is 9.80 Å². The molecule has 0 atom stereocenters. The van der Waals surface area contributed by atoms with Crippen molar-refractivity contribution in [1.29, 1.82) is 5.26 Å². The van der Waals surface area contributed by atoms with Crippen LogP contribution in [0.2, 0.25) is 0 Å². The molecule has 4 nitrogen and oxygen atoms in total. The van der Waals surface area contributed by atoms with E-state index in [0.717, 1.165) is 99.9 Å². The number of hydrogen-bond donors (Lipinski definition) is 0. The molecular formula is C77H55BN4. The summed E-state index contributed by atoms with van der Waals surface area (Å²) in [6, 6.07) is 72.1. The van der Waals surface area contributed by atoms with Crippen LogP contribution in [-0.2, 0) is 5.41 Å². The van der Waals surface area contributed by atoms with Gasteiger partial charge in [0.1, 0.15) is 6.07 Å². The van der Waals surface area contributed by atoms with Crippen LogP contribution in [0.4, 0.5) is 34.1 Å². The standard InChI is InChI=1S/C77H55BN4/c1-77(2,3)61-47-74-76-75(48-61)82(71-49-62(38-33-60(71)50-79)80-68-32-20-19-31-63(68)65-44-57(37-42-70(65)80)52-23-11-5-12-24-52)73-46-59(54-27-15-7-16-28-54)35-40-67(73)78(76)66-39-34-58(53-25-13-6-14-26-53)45-72(66)81(74)69-41-36-56(51-21-9-4-10-22-51)43-64(69)55-29-17-8-18-30-55/h4-49H,1-3H3/i6D,7D,13D,14D,15D,16D,25D,26D,27D,28D. The van der Waals surface area contributed by atoms with Crippen molar-refractivity contribution in [2.24, 2.45) is 0 Å². The van der Waals surface area contributed by atoms with Crippen LogP contribution in [0.15, 0.2) is 279 Å². The lowest BCUT2D eigenvalue weighted by Gasteiger charge is -2.45. The van der Waals surface area contributed by atoms with E-state index in [4.69, 9.17) is 8.22 Å². The highest BCUT2D eigenvalue weighted by atomic mass is 15.2. The monoisotopic (exact) mass is 1060 g/mol. The van der Waals surface area contributed by atoms with E-state index in [9.17, 15) is 10.7 Å². The number of benzene rings is 12.